The number of aromatic nitrogens is 2. The van der Waals surface area contributed by atoms with Crippen molar-refractivity contribution in [1.82, 2.24) is 25.3 Å². The summed E-state index contributed by atoms with van der Waals surface area (Å²) in [6.07, 6.45) is -0.200. The van der Waals surface area contributed by atoms with Gasteiger partial charge in [0.25, 0.3) is 5.91 Å². The van der Waals surface area contributed by atoms with Crippen LogP contribution in [-0.2, 0) is 27.4 Å². The molecule has 10 nitrogen and oxygen atoms in total. The molecule has 0 radical (unpaired) electrons. The third-order valence-electron chi connectivity index (χ3n) is 7.33. The molecule has 0 unspecified atom stereocenters. The summed E-state index contributed by atoms with van der Waals surface area (Å²) < 4.78 is 12.4. The van der Waals surface area contributed by atoms with Crippen LogP contribution in [0, 0.1) is 20.8 Å². The first-order valence-electron chi connectivity index (χ1n) is 13.0. The molecular formula is C29H33N5O5. The molecular weight excluding hydrogens is 498 g/mol. The third-order valence-corrected chi connectivity index (χ3v) is 7.33. The molecule has 0 aliphatic carbocycles. The smallest absolute Gasteiger partial charge is 0.254 e. The number of nitrogens with zero attached hydrogens (tertiary/aromatic N) is 3. The fourth-order valence-corrected chi connectivity index (χ4v) is 5.01. The van der Waals surface area contributed by atoms with E-state index in [1.54, 1.807) is 24.1 Å². The van der Waals surface area contributed by atoms with Crippen molar-refractivity contribution in [2.24, 2.45) is 0 Å². The van der Waals surface area contributed by atoms with Crippen LogP contribution in [0.1, 0.15) is 38.4 Å². The van der Waals surface area contributed by atoms with Crippen LogP contribution < -0.4 is 10.1 Å². The number of aromatic amines is 1. The quantitative estimate of drug-likeness (QED) is 0.525. The molecule has 3 aromatic rings. The molecule has 2 aliphatic rings. The summed E-state index contributed by atoms with van der Waals surface area (Å²) >= 11 is 0. The van der Waals surface area contributed by atoms with Crippen molar-refractivity contribution in [3.63, 3.8) is 0 Å². The van der Waals surface area contributed by atoms with Gasteiger partial charge in [-0.25, -0.2) is 0 Å². The van der Waals surface area contributed by atoms with Crippen LogP contribution in [-0.4, -0.2) is 76.5 Å². The second kappa shape index (κ2) is 10.9. The van der Waals surface area contributed by atoms with Crippen molar-refractivity contribution < 1.29 is 23.9 Å². The highest BCUT2D eigenvalue weighted by molar-refractivity contribution is 5.96. The first-order valence-corrected chi connectivity index (χ1v) is 13.0. The van der Waals surface area contributed by atoms with Crippen molar-refractivity contribution in [3.05, 3.63) is 76.1 Å². The number of nitrogens with one attached hydrogen (secondary N) is 2. The Hall–Kier alpha value is -4.18. The van der Waals surface area contributed by atoms with E-state index in [9.17, 15) is 14.4 Å². The van der Waals surface area contributed by atoms with E-state index in [0.717, 1.165) is 28.1 Å². The van der Waals surface area contributed by atoms with Gasteiger partial charge in [-0.05, 0) is 56.2 Å². The number of rotatable bonds is 2. The number of amides is 3. The summed E-state index contributed by atoms with van der Waals surface area (Å²) in [5, 5.41) is 10.1. The molecule has 1 aromatic heterocycles. The summed E-state index contributed by atoms with van der Waals surface area (Å²) in [6, 6.07) is 12.4. The molecule has 2 N–H and O–H groups in total. The second-order valence-corrected chi connectivity index (χ2v) is 10.3. The molecule has 0 spiro atoms. The highest BCUT2D eigenvalue weighted by Crippen LogP contribution is 2.28. The lowest BCUT2D eigenvalue weighted by atomic mass is 10.1. The minimum atomic E-state index is -0.421. The molecule has 1 fully saturated rings. The summed E-state index contributed by atoms with van der Waals surface area (Å²) in [5.41, 5.74) is 4.75. The van der Waals surface area contributed by atoms with Crippen molar-refractivity contribution >= 4 is 17.7 Å². The zero-order chi connectivity index (χ0) is 27.7. The molecule has 2 aromatic carbocycles. The minimum Gasteiger partial charge on any atom is -0.457 e. The maximum absolute atomic E-state index is 13.2. The van der Waals surface area contributed by atoms with Gasteiger partial charge in [0.05, 0.1) is 37.4 Å². The van der Waals surface area contributed by atoms with Gasteiger partial charge in [-0.1, -0.05) is 18.2 Å². The van der Waals surface area contributed by atoms with Crippen molar-refractivity contribution in [2.75, 3.05) is 26.7 Å². The number of H-pyrrole nitrogens is 1. The Morgan fingerprint density at radius 1 is 1.10 bits per heavy atom. The van der Waals surface area contributed by atoms with Gasteiger partial charge in [0, 0.05) is 37.0 Å². The highest BCUT2D eigenvalue weighted by Gasteiger charge is 2.37. The highest BCUT2D eigenvalue weighted by atomic mass is 16.5. The van der Waals surface area contributed by atoms with Gasteiger partial charge >= 0.3 is 0 Å². The molecule has 1 saturated heterocycles. The number of carbonyl (C=O) groups excluding carboxylic acids is 3. The Balaban J connectivity index is 1.40. The Labute approximate surface area is 227 Å². The van der Waals surface area contributed by atoms with Crippen LogP contribution in [0.15, 0.2) is 42.5 Å². The lowest BCUT2D eigenvalue weighted by molar-refractivity contribution is -0.130. The lowest BCUT2D eigenvalue weighted by Crippen LogP contribution is -2.48. The van der Waals surface area contributed by atoms with E-state index in [4.69, 9.17) is 9.47 Å². The van der Waals surface area contributed by atoms with Gasteiger partial charge in [0.2, 0.25) is 11.8 Å². The molecule has 5 rings (SSSR count). The topological polar surface area (TPSA) is 117 Å². The van der Waals surface area contributed by atoms with Gasteiger partial charge in [0.1, 0.15) is 11.5 Å². The SMILES string of the molecule is Cc1ccc2cc1Oc1cccc(c1)CO[C@H]1CN(C(=O)Cc3c(C)n[nH]c3C)C[C@@H]1NC(=O)CN(C)C2=O. The van der Waals surface area contributed by atoms with Crippen LogP contribution in [0.4, 0.5) is 0 Å². The Kier molecular flexibility index (Phi) is 7.38. The molecule has 204 valence electrons. The Morgan fingerprint density at radius 3 is 2.69 bits per heavy atom. The predicted octanol–water partition coefficient (Wildman–Crippen LogP) is 2.67. The first-order chi connectivity index (χ1) is 18.7. The van der Waals surface area contributed by atoms with Crippen LogP contribution in [0.2, 0.25) is 0 Å². The van der Waals surface area contributed by atoms with Gasteiger partial charge < -0.3 is 24.6 Å². The number of carbonyl (C=O) groups is 3. The Morgan fingerprint density at radius 2 is 1.92 bits per heavy atom. The van der Waals surface area contributed by atoms with Crippen molar-refractivity contribution in [2.45, 2.75) is 45.9 Å². The standard InChI is InChI=1S/C29H33N5O5/c1-17-8-9-21-11-25(17)39-22-7-5-6-20(10-22)16-38-26-14-34(28(36)12-23-18(2)31-32-19(23)3)13-24(26)30-27(35)15-33(4)29(21)37/h5-11,24,26H,12-16H2,1-4H3,(H,30,35)(H,31,32)/t24-,26-/m0/s1. The van der Waals surface area contributed by atoms with E-state index in [0.29, 0.717) is 30.2 Å². The van der Waals surface area contributed by atoms with E-state index in [2.05, 4.69) is 15.5 Å². The zero-order valence-corrected chi connectivity index (χ0v) is 22.6. The number of fused-ring (bicyclic) bond motifs is 5. The molecule has 3 amide bonds. The second-order valence-electron chi connectivity index (χ2n) is 10.3. The fourth-order valence-electron chi connectivity index (χ4n) is 5.01. The number of likely N-dealkylation sites (tertiary alicyclic amines) is 1. The average Bonchev–Trinajstić information content (AvgIpc) is 3.45. The van der Waals surface area contributed by atoms with Crippen molar-refractivity contribution in [1.29, 1.82) is 0 Å². The van der Waals surface area contributed by atoms with Gasteiger partial charge in [-0.2, -0.15) is 5.10 Å². The first kappa shape index (κ1) is 26.4. The van der Waals surface area contributed by atoms with Gasteiger partial charge in [-0.3, -0.25) is 19.5 Å². The number of hydrogen-bond donors (Lipinski definition) is 2. The predicted molar refractivity (Wildman–Crippen MR) is 144 cm³/mol. The van der Waals surface area contributed by atoms with Gasteiger partial charge in [0.15, 0.2) is 0 Å². The Bertz CT molecular complexity index is 1400. The summed E-state index contributed by atoms with van der Waals surface area (Å²) in [7, 11) is 1.59. The monoisotopic (exact) mass is 531 g/mol. The van der Waals surface area contributed by atoms with Crippen LogP contribution in [0.25, 0.3) is 0 Å². The normalized spacial score (nSPS) is 19.9. The zero-order valence-electron chi connectivity index (χ0n) is 22.6. The van der Waals surface area contributed by atoms with Gasteiger partial charge in [-0.15, -0.1) is 0 Å². The summed E-state index contributed by atoms with van der Waals surface area (Å²) in [6.45, 7) is 6.48. The molecule has 2 aliphatic heterocycles. The van der Waals surface area contributed by atoms with E-state index in [1.165, 1.54) is 4.90 Å². The summed E-state index contributed by atoms with van der Waals surface area (Å²) in [5.74, 6) is 0.520. The number of likely N-dealkylation sites (N-methyl/N-ethyl adjacent to an activating group) is 1. The van der Waals surface area contributed by atoms with Crippen molar-refractivity contribution in [3.8, 4) is 11.5 Å². The lowest BCUT2D eigenvalue weighted by Gasteiger charge is -2.23. The number of aryl methyl sites for hydroxylation is 3. The third kappa shape index (κ3) is 5.80. The van der Waals surface area contributed by atoms with E-state index in [-0.39, 0.29) is 37.3 Å². The molecule has 39 heavy (non-hydrogen) atoms. The maximum atomic E-state index is 13.2. The number of benzene rings is 2. The fraction of sp³-hybridized carbons (Fsp3) is 0.379. The number of hydrogen-bond acceptors (Lipinski definition) is 6. The molecule has 0 saturated carbocycles. The van der Waals surface area contributed by atoms with Crippen LogP contribution >= 0.6 is 0 Å². The summed E-state index contributed by atoms with van der Waals surface area (Å²) in [4.78, 5) is 42.4. The van der Waals surface area contributed by atoms with E-state index in [1.807, 2.05) is 51.1 Å². The molecule has 4 bridgehead atoms. The molecule has 10 heteroatoms. The molecule has 3 heterocycles. The number of ether oxygens (including phenoxy) is 2. The van der Waals surface area contributed by atoms with Crippen LogP contribution in [0.3, 0.4) is 0 Å². The van der Waals surface area contributed by atoms with Crippen LogP contribution in [0.5, 0.6) is 11.5 Å². The van der Waals surface area contributed by atoms with E-state index >= 15 is 0 Å². The van der Waals surface area contributed by atoms with E-state index < -0.39 is 12.1 Å². The largest absolute Gasteiger partial charge is 0.457 e. The minimum absolute atomic E-state index is 0.0591. The average molecular weight is 532 g/mol. The maximum Gasteiger partial charge on any atom is 0.254 e. The molecule has 2 atom stereocenters.